The summed E-state index contributed by atoms with van der Waals surface area (Å²) >= 11 is 11.3. The van der Waals surface area contributed by atoms with E-state index >= 15 is 0 Å². The minimum absolute atomic E-state index is 0.353. The molecule has 3 N–H and O–H groups in total. The van der Waals surface area contributed by atoms with Crippen molar-refractivity contribution in [1.29, 1.82) is 0 Å². The first-order valence-corrected chi connectivity index (χ1v) is 7.68. The lowest BCUT2D eigenvalue weighted by atomic mass is 9.93. The number of halogens is 1. The predicted octanol–water partition coefficient (Wildman–Crippen LogP) is 4.21. The predicted molar refractivity (Wildman–Crippen MR) is 86.9 cm³/mol. The van der Waals surface area contributed by atoms with Gasteiger partial charge in [-0.15, -0.1) is 0 Å². The Bertz CT molecular complexity index is 475. The topological polar surface area (TPSA) is 38.0 Å². The third kappa shape index (κ3) is 3.03. The van der Waals surface area contributed by atoms with Crippen molar-refractivity contribution < 1.29 is 0 Å². The molecule has 0 spiro atoms. The van der Waals surface area contributed by atoms with E-state index in [0.29, 0.717) is 22.0 Å². The highest BCUT2D eigenvalue weighted by atomic mass is 35.5. The maximum atomic E-state index is 6.19. The van der Waals surface area contributed by atoms with Crippen molar-refractivity contribution in [2.75, 3.05) is 5.32 Å². The van der Waals surface area contributed by atoms with Crippen LogP contribution in [0.4, 0.5) is 5.69 Å². The molecule has 0 bridgehead atoms. The van der Waals surface area contributed by atoms with Crippen LogP contribution in [0, 0.1) is 11.8 Å². The molecule has 1 saturated carbocycles. The van der Waals surface area contributed by atoms with Crippen LogP contribution in [0.1, 0.15) is 38.7 Å². The fourth-order valence-corrected chi connectivity index (χ4v) is 3.67. The molecule has 4 heteroatoms. The standard InChI is InChI=1S/C15H21ClN2S/c1-3-10-7-8-12(9(10)2)18-13-6-4-5-11(16)14(13)15(17)19/h4-6,9-10,12,18H,3,7-8H2,1-2H3,(H2,17,19). The maximum absolute atomic E-state index is 6.19. The van der Waals surface area contributed by atoms with Crippen LogP contribution in [-0.2, 0) is 0 Å². The van der Waals surface area contributed by atoms with Gasteiger partial charge in [0.15, 0.2) is 0 Å². The number of nitrogens with one attached hydrogen (secondary N) is 1. The lowest BCUT2D eigenvalue weighted by molar-refractivity contribution is 0.392. The van der Waals surface area contributed by atoms with Crippen LogP contribution in [0.5, 0.6) is 0 Å². The molecule has 0 radical (unpaired) electrons. The van der Waals surface area contributed by atoms with Crippen LogP contribution >= 0.6 is 23.8 Å². The van der Waals surface area contributed by atoms with E-state index in [9.17, 15) is 0 Å². The third-order valence-electron chi connectivity index (χ3n) is 4.35. The van der Waals surface area contributed by atoms with Gasteiger partial charge in [0.25, 0.3) is 0 Å². The summed E-state index contributed by atoms with van der Waals surface area (Å²) in [6, 6.07) is 6.25. The summed E-state index contributed by atoms with van der Waals surface area (Å²) in [7, 11) is 0. The zero-order valence-electron chi connectivity index (χ0n) is 11.4. The highest BCUT2D eigenvalue weighted by molar-refractivity contribution is 7.80. The van der Waals surface area contributed by atoms with Gasteiger partial charge >= 0.3 is 0 Å². The molecular weight excluding hydrogens is 276 g/mol. The Hall–Kier alpha value is -0.800. The largest absolute Gasteiger partial charge is 0.389 e. The number of anilines is 1. The molecule has 0 aromatic heterocycles. The zero-order chi connectivity index (χ0) is 14.0. The van der Waals surface area contributed by atoms with E-state index in [4.69, 9.17) is 29.6 Å². The van der Waals surface area contributed by atoms with Gasteiger partial charge in [-0.25, -0.2) is 0 Å². The van der Waals surface area contributed by atoms with Crippen LogP contribution in [0.2, 0.25) is 5.02 Å². The molecule has 104 valence electrons. The van der Waals surface area contributed by atoms with E-state index in [0.717, 1.165) is 17.2 Å². The first-order valence-electron chi connectivity index (χ1n) is 6.89. The number of hydrogen-bond acceptors (Lipinski definition) is 2. The molecular formula is C15H21ClN2S. The van der Waals surface area contributed by atoms with Crippen molar-refractivity contribution in [2.45, 2.75) is 39.2 Å². The smallest absolute Gasteiger partial charge is 0.107 e. The number of rotatable bonds is 4. The molecule has 19 heavy (non-hydrogen) atoms. The van der Waals surface area contributed by atoms with Crippen molar-refractivity contribution in [3.63, 3.8) is 0 Å². The van der Waals surface area contributed by atoms with Crippen molar-refractivity contribution >= 4 is 34.5 Å². The first-order chi connectivity index (χ1) is 9.04. The Morgan fingerprint density at radius 1 is 1.47 bits per heavy atom. The van der Waals surface area contributed by atoms with Gasteiger partial charge in [-0.2, -0.15) is 0 Å². The quantitative estimate of drug-likeness (QED) is 0.817. The normalized spacial score (nSPS) is 26.4. The van der Waals surface area contributed by atoms with Gasteiger partial charge in [0.1, 0.15) is 4.99 Å². The van der Waals surface area contributed by atoms with Crippen LogP contribution in [0.15, 0.2) is 18.2 Å². The van der Waals surface area contributed by atoms with Gasteiger partial charge in [-0.3, -0.25) is 0 Å². The molecule has 0 amide bonds. The van der Waals surface area contributed by atoms with E-state index in [2.05, 4.69) is 19.2 Å². The fourth-order valence-electron chi connectivity index (χ4n) is 3.12. The van der Waals surface area contributed by atoms with Crippen LogP contribution < -0.4 is 11.1 Å². The Morgan fingerprint density at radius 3 is 2.79 bits per heavy atom. The highest BCUT2D eigenvalue weighted by Gasteiger charge is 2.31. The SMILES string of the molecule is CCC1CCC(Nc2cccc(Cl)c2C(N)=S)C1C. The van der Waals surface area contributed by atoms with Crippen molar-refractivity contribution in [1.82, 2.24) is 0 Å². The lowest BCUT2D eigenvalue weighted by Gasteiger charge is -2.23. The van der Waals surface area contributed by atoms with E-state index in [1.54, 1.807) is 0 Å². The second-order valence-electron chi connectivity index (χ2n) is 5.38. The van der Waals surface area contributed by atoms with Gasteiger partial charge in [0.05, 0.1) is 10.6 Å². The van der Waals surface area contributed by atoms with Gasteiger partial charge in [0.2, 0.25) is 0 Å². The summed E-state index contributed by atoms with van der Waals surface area (Å²) < 4.78 is 0. The average molecular weight is 297 g/mol. The van der Waals surface area contributed by atoms with Gasteiger partial charge in [-0.1, -0.05) is 50.2 Å². The average Bonchev–Trinajstić information content (AvgIpc) is 2.70. The second kappa shape index (κ2) is 6.10. The molecule has 1 aliphatic carbocycles. The van der Waals surface area contributed by atoms with Crippen LogP contribution in [0.25, 0.3) is 0 Å². The molecule has 2 nitrogen and oxygen atoms in total. The zero-order valence-corrected chi connectivity index (χ0v) is 13.0. The Morgan fingerprint density at radius 2 is 2.21 bits per heavy atom. The van der Waals surface area contributed by atoms with Gasteiger partial charge in [0, 0.05) is 11.7 Å². The van der Waals surface area contributed by atoms with Crippen LogP contribution in [-0.4, -0.2) is 11.0 Å². The summed E-state index contributed by atoms with van der Waals surface area (Å²) in [5.74, 6) is 1.48. The van der Waals surface area contributed by atoms with Crippen LogP contribution in [0.3, 0.4) is 0 Å². The van der Waals surface area contributed by atoms with Crippen molar-refractivity contribution in [2.24, 2.45) is 17.6 Å². The summed E-state index contributed by atoms with van der Waals surface area (Å²) in [6.45, 7) is 4.59. The molecule has 0 saturated heterocycles. The molecule has 3 unspecified atom stereocenters. The molecule has 1 aromatic rings. The first kappa shape index (κ1) is 14.6. The number of benzene rings is 1. The third-order valence-corrected chi connectivity index (χ3v) is 4.87. The molecule has 1 aromatic carbocycles. The summed E-state index contributed by atoms with van der Waals surface area (Å²) in [5.41, 5.74) is 7.52. The van der Waals surface area contributed by atoms with Crippen molar-refractivity contribution in [3.8, 4) is 0 Å². The second-order valence-corrected chi connectivity index (χ2v) is 6.23. The summed E-state index contributed by atoms with van der Waals surface area (Å²) in [5, 5.41) is 4.21. The number of nitrogens with two attached hydrogens (primary N) is 1. The van der Waals surface area contributed by atoms with E-state index < -0.39 is 0 Å². The number of thiocarbonyl (C=S) groups is 1. The minimum Gasteiger partial charge on any atom is -0.389 e. The lowest BCUT2D eigenvalue weighted by Crippen LogP contribution is -2.26. The summed E-state index contributed by atoms with van der Waals surface area (Å²) in [4.78, 5) is 0.353. The molecule has 1 fully saturated rings. The van der Waals surface area contributed by atoms with Gasteiger partial charge < -0.3 is 11.1 Å². The Balaban J connectivity index is 2.20. The molecule has 3 atom stereocenters. The van der Waals surface area contributed by atoms with E-state index in [-0.39, 0.29) is 0 Å². The fraction of sp³-hybridized carbons (Fsp3) is 0.533. The van der Waals surface area contributed by atoms with Gasteiger partial charge in [-0.05, 0) is 36.8 Å². The highest BCUT2D eigenvalue weighted by Crippen LogP contribution is 2.36. The molecule has 1 aliphatic rings. The Kier molecular flexibility index (Phi) is 4.69. The Labute approximate surface area is 125 Å². The molecule has 2 rings (SSSR count). The number of hydrogen-bond donors (Lipinski definition) is 2. The monoisotopic (exact) mass is 296 g/mol. The van der Waals surface area contributed by atoms with E-state index in [1.807, 2.05) is 18.2 Å². The summed E-state index contributed by atoms with van der Waals surface area (Å²) in [6.07, 6.45) is 3.73. The minimum atomic E-state index is 0.353. The molecule has 0 aliphatic heterocycles. The molecule has 0 heterocycles. The van der Waals surface area contributed by atoms with Crippen molar-refractivity contribution in [3.05, 3.63) is 28.8 Å². The van der Waals surface area contributed by atoms with E-state index in [1.165, 1.54) is 19.3 Å². The maximum Gasteiger partial charge on any atom is 0.107 e.